The molecule has 1 amide bonds. The summed E-state index contributed by atoms with van der Waals surface area (Å²) in [7, 11) is 0. The van der Waals surface area contributed by atoms with Gasteiger partial charge in [0.15, 0.2) is 5.69 Å². The first-order valence-electron chi connectivity index (χ1n) is 9.05. The van der Waals surface area contributed by atoms with E-state index in [9.17, 15) is 4.79 Å². The first kappa shape index (κ1) is 15.4. The van der Waals surface area contributed by atoms with Gasteiger partial charge in [-0.1, -0.05) is 11.3 Å². The van der Waals surface area contributed by atoms with Gasteiger partial charge in [0.25, 0.3) is 5.91 Å². The summed E-state index contributed by atoms with van der Waals surface area (Å²) in [6.07, 6.45) is 8.00. The highest BCUT2D eigenvalue weighted by Gasteiger charge is 2.53. The summed E-state index contributed by atoms with van der Waals surface area (Å²) in [6, 6.07) is 3.46. The van der Waals surface area contributed by atoms with Crippen molar-refractivity contribution in [1.82, 2.24) is 20.4 Å². The first-order valence-corrected chi connectivity index (χ1v) is 9.87. The maximum absolute atomic E-state index is 12.3. The van der Waals surface area contributed by atoms with Crippen molar-refractivity contribution in [3.63, 3.8) is 0 Å². The lowest BCUT2D eigenvalue weighted by Gasteiger charge is -2.55. The minimum absolute atomic E-state index is 0.221. The molecule has 4 saturated carbocycles. The third-order valence-corrected chi connectivity index (χ3v) is 7.25. The molecule has 25 heavy (non-hydrogen) atoms. The molecule has 6 rings (SSSR count). The van der Waals surface area contributed by atoms with E-state index in [2.05, 4.69) is 25.7 Å². The van der Waals surface area contributed by atoms with Gasteiger partial charge in [-0.25, -0.2) is 0 Å². The Kier molecular flexibility index (Phi) is 3.42. The average molecular weight is 355 g/mol. The lowest BCUT2D eigenvalue weighted by atomic mass is 9.50. The predicted octanol–water partition coefficient (Wildman–Crippen LogP) is 3.36. The monoisotopic (exact) mass is 355 g/mol. The third-order valence-electron chi connectivity index (χ3n) is 6.17. The molecule has 130 valence electrons. The van der Waals surface area contributed by atoms with Crippen molar-refractivity contribution < 1.29 is 4.79 Å². The highest BCUT2D eigenvalue weighted by molar-refractivity contribution is 7.15. The lowest BCUT2D eigenvalue weighted by Crippen LogP contribution is -2.48. The summed E-state index contributed by atoms with van der Waals surface area (Å²) in [6.45, 7) is 1.84. The molecule has 0 spiro atoms. The number of aromatic nitrogens is 4. The molecule has 2 aromatic heterocycles. The zero-order valence-electron chi connectivity index (χ0n) is 14.2. The Balaban J connectivity index is 1.35. The number of aryl methyl sites for hydroxylation is 1. The molecule has 2 heterocycles. The molecule has 0 radical (unpaired) electrons. The number of nitrogens with zero attached hydrogens (tertiary/aromatic N) is 4. The van der Waals surface area contributed by atoms with Gasteiger partial charge in [0.05, 0.1) is 5.69 Å². The quantitative estimate of drug-likeness (QED) is 0.913. The van der Waals surface area contributed by atoms with Gasteiger partial charge < -0.3 is 0 Å². The lowest BCUT2D eigenvalue weighted by molar-refractivity contribution is -0.00555. The summed E-state index contributed by atoms with van der Waals surface area (Å²) in [5.41, 5.74) is 1.31. The van der Waals surface area contributed by atoms with E-state index in [4.69, 9.17) is 0 Å². The Morgan fingerprint density at radius 2 is 1.72 bits per heavy atom. The van der Waals surface area contributed by atoms with Crippen LogP contribution in [0.5, 0.6) is 0 Å². The van der Waals surface area contributed by atoms with Crippen LogP contribution in [0.25, 0.3) is 0 Å². The van der Waals surface area contributed by atoms with Crippen molar-refractivity contribution in [1.29, 1.82) is 0 Å². The molecule has 1 N–H and O–H groups in total. The Hall–Kier alpha value is -1.89. The molecule has 2 aromatic rings. The minimum Gasteiger partial charge on any atom is -0.295 e. The van der Waals surface area contributed by atoms with Crippen LogP contribution in [0.4, 0.5) is 5.13 Å². The van der Waals surface area contributed by atoms with Crippen molar-refractivity contribution in [2.45, 2.75) is 50.9 Å². The number of rotatable bonds is 3. The second-order valence-electron chi connectivity index (χ2n) is 8.12. The van der Waals surface area contributed by atoms with Gasteiger partial charge >= 0.3 is 0 Å². The predicted molar refractivity (Wildman–Crippen MR) is 94.5 cm³/mol. The van der Waals surface area contributed by atoms with E-state index in [0.29, 0.717) is 10.8 Å². The molecule has 0 aliphatic heterocycles. The summed E-state index contributed by atoms with van der Waals surface area (Å²) >= 11 is 1.55. The molecule has 4 aliphatic carbocycles. The van der Waals surface area contributed by atoms with Gasteiger partial charge in [-0.2, -0.15) is 5.10 Å². The Morgan fingerprint density at radius 1 is 1.04 bits per heavy atom. The van der Waals surface area contributed by atoms with E-state index in [0.717, 1.165) is 28.5 Å². The fourth-order valence-corrected chi connectivity index (χ4v) is 6.50. The van der Waals surface area contributed by atoms with Gasteiger partial charge in [-0.05, 0) is 75.3 Å². The van der Waals surface area contributed by atoms with Crippen molar-refractivity contribution in [3.05, 3.63) is 28.5 Å². The fourth-order valence-electron chi connectivity index (χ4n) is 5.54. The molecule has 0 atom stereocenters. The minimum atomic E-state index is -0.277. The number of anilines is 1. The molecule has 0 aromatic carbocycles. The Morgan fingerprint density at radius 3 is 2.32 bits per heavy atom. The van der Waals surface area contributed by atoms with Crippen LogP contribution >= 0.6 is 11.3 Å². The first-order chi connectivity index (χ1) is 12.1. The Labute approximate surface area is 150 Å². The van der Waals surface area contributed by atoms with E-state index in [1.54, 1.807) is 23.5 Å². The SMILES string of the molecule is Cc1ccc(C(=O)Nc2nnc(C34CC5CC(CC(C5)C3)C4)s2)nn1. The van der Waals surface area contributed by atoms with Crippen LogP contribution in [0.2, 0.25) is 0 Å². The average Bonchev–Trinajstić information content (AvgIpc) is 3.03. The molecular formula is C18H21N5OS. The molecule has 6 nitrogen and oxygen atoms in total. The van der Waals surface area contributed by atoms with Crippen molar-refractivity contribution in [2.24, 2.45) is 17.8 Å². The van der Waals surface area contributed by atoms with Crippen LogP contribution in [0, 0.1) is 24.7 Å². The Bertz CT molecular complexity index is 780. The maximum Gasteiger partial charge on any atom is 0.278 e. The van der Waals surface area contributed by atoms with Crippen LogP contribution in [0.15, 0.2) is 12.1 Å². The topological polar surface area (TPSA) is 80.7 Å². The summed E-state index contributed by atoms with van der Waals surface area (Å²) in [5.74, 6) is 2.34. The van der Waals surface area contributed by atoms with Gasteiger partial charge in [-0.3, -0.25) is 10.1 Å². The number of hydrogen-bond acceptors (Lipinski definition) is 6. The number of carbonyl (C=O) groups is 1. The van der Waals surface area contributed by atoms with Gasteiger partial charge in [0.2, 0.25) is 5.13 Å². The molecule has 4 fully saturated rings. The molecule has 4 aliphatic rings. The molecule has 4 bridgehead atoms. The fraction of sp³-hybridized carbons (Fsp3) is 0.611. The highest BCUT2D eigenvalue weighted by atomic mass is 32.1. The van der Waals surface area contributed by atoms with Crippen LogP contribution in [0.3, 0.4) is 0 Å². The molecule has 0 unspecified atom stereocenters. The zero-order chi connectivity index (χ0) is 17.0. The van der Waals surface area contributed by atoms with E-state index < -0.39 is 0 Å². The zero-order valence-corrected chi connectivity index (χ0v) is 15.1. The summed E-state index contributed by atoms with van der Waals surface area (Å²) < 4.78 is 0. The summed E-state index contributed by atoms with van der Waals surface area (Å²) in [5, 5.41) is 21.1. The number of nitrogens with one attached hydrogen (secondary N) is 1. The standard InChI is InChI=1S/C18H21N5OS/c1-10-2-3-14(21-20-10)15(24)19-17-23-22-16(25-17)18-7-11-4-12(8-18)6-13(5-11)9-18/h2-3,11-13H,4-9H2,1H3,(H,19,23,24). The smallest absolute Gasteiger partial charge is 0.278 e. The molecule has 0 saturated heterocycles. The van der Waals surface area contributed by atoms with E-state index in [1.165, 1.54) is 38.5 Å². The second kappa shape index (κ2) is 5.56. The summed E-state index contributed by atoms with van der Waals surface area (Å²) in [4.78, 5) is 12.3. The number of hydrogen-bond donors (Lipinski definition) is 1. The van der Waals surface area contributed by atoms with E-state index >= 15 is 0 Å². The van der Waals surface area contributed by atoms with Gasteiger partial charge in [0.1, 0.15) is 5.01 Å². The van der Waals surface area contributed by atoms with Crippen LogP contribution < -0.4 is 5.32 Å². The normalized spacial score (nSPS) is 32.8. The molecule has 7 heteroatoms. The highest BCUT2D eigenvalue weighted by Crippen LogP contribution is 2.61. The number of amides is 1. The largest absolute Gasteiger partial charge is 0.295 e. The van der Waals surface area contributed by atoms with E-state index in [-0.39, 0.29) is 11.3 Å². The van der Waals surface area contributed by atoms with Gasteiger partial charge in [-0.15, -0.1) is 15.3 Å². The van der Waals surface area contributed by atoms with E-state index in [1.807, 2.05) is 6.92 Å². The van der Waals surface area contributed by atoms with Gasteiger partial charge in [0, 0.05) is 5.41 Å². The van der Waals surface area contributed by atoms with Crippen molar-refractivity contribution >= 4 is 22.4 Å². The van der Waals surface area contributed by atoms with Crippen LogP contribution in [-0.4, -0.2) is 26.3 Å². The van der Waals surface area contributed by atoms with Crippen molar-refractivity contribution in [3.8, 4) is 0 Å². The maximum atomic E-state index is 12.3. The molecular weight excluding hydrogens is 334 g/mol. The van der Waals surface area contributed by atoms with Crippen LogP contribution in [0.1, 0.15) is 59.7 Å². The second-order valence-corrected chi connectivity index (χ2v) is 9.10. The number of carbonyl (C=O) groups excluding carboxylic acids is 1. The van der Waals surface area contributed by atoms with Crippen LogP contribution in [-0.2, 0) is 5.41 Å². The van der Waals surface area contributed by atoms with Crippen molar-refractivity contribution in [2.75, 3.05) is 5.32 Å². The third kappa shape index (κ3) is 2.65.